The molecule has 16 heteroatoms. The summed E-state index contributed by atoms with van der Waals surface area (Å²) in [5.41, 5.74) is -2.87. The monoisotopic (exact) mass is 570 g/mol. The van der Waals surface area contributed by atoms with E-state index in [0.717, 1.165) is 28.4 Å². The number of alkyl carbamates (subject to hydrolysis) is 1. The van der Waals surface area contributed by atoms with E-state index in [4.69, 9.17) is 0 Å². The van der Waals surface area contributed by atoms with Crippen LogP contribution in [0, 0.1) is 11.3 Å². The molecule has 2 unspecified atom stereocenters. The van der Waals surface area contributed by atoms with Crippen molar-refractivity contribution < 1.29 is 50.2 Å². The van der Waals surface area contributed by atoms with Crippen molar-refractivity contribution in [1.82, 2.24) is 15.2 Å². The Kier molecular flexibility index (Phi) is 7.78. The standard InChI is InChI=1S/C22H24F6N4O5S/c1-19(2,3)14-8-20(14,21(23,24)25)31-18(35)36-10-16(34)32(4)9-15(33)30-17-29-12-6-5-11(7-13(12)38-17)37-22(26,27)28/h5-7,14H,8-10H2,1-4H3,(H,31,35)(H,29,30,33). The van der Waals surface area contributed by atoms with Gasteiger partial charge in [-0.25, -0.2) is 9.78 Å². The van der Waals surface area contributed by atoms with Gasteiger partial charge in [0.05, 0.1) is 16.8 Å². The number of aromatic nitrogens is 1. The van der Waals surface area contributed by atoms with Gasteiger partial charge in [-0.05, 0) is 29.9 Å². The number of ether oxygens (including phenoxy) is 2. The normalized spacial score (nSPS) is 19.6. The zero-order chi connectivity index (χ0) is 28.7. The minimum absolute atomic E-state index is 0.0425. The number of fused-ring (bicyclic) bond motifs is 1. The lowest BCUT2D eigenvalue weighted by Gasteiger charge is -2.27. The number of alkyl halides is 6. The average molecular weight is 571 g/mol. The molecule has 9 nitrogen and oxygen atoms in total. The summed E-state index contributed by atoms with van der Waals surface area (Å²) in [5, 5.41) is 4.28. The number of anilines is 1. The van der Waals surface area contributed by atoms with Crippen molar-refractivity contribution in [2.75, 3.05) is 25.5 Å². The molecule has 1 aliphatic rings. The summed E-state index contributed by atoms with van der Waals surface area (Å²) in [6.45, 7) is 3.43. The number of rotatable bonds is 7. The number of thiazole rings is 1. The van der Waals surface area contributed by atoms with E-state index in [0.29, 0.717) is 10.2 Å². The number of halogens is 6. The molecule has 38 heavy (non-hydrogen) atoms. The van der Waals surface area contributed by atoms with Crippen molar-refractivity contribution >= 4 is 44.6 Å². The molecule has 0 spiro atoms. The largest absolute Gasteiger partial charge is 0.573 e. The summed E-state index contributed by atoms with van der Waals surface area (Å²) in [5.74, 6) is -2.91. The Labute approximate surface area is 216 Å². The minimum Gasteiger partial charge on any atom is -0.439 e. The molecule has 3 rings (SSSR count). The zero-order valence-corrected chi connectivity index (χ0v) is 21.4. The van der Waals surface area contributed by atoms with E-state index in [1.54, 1.807) is 20.8 Å². The van der Waals surface area contributed by atoms with E-state index in [2.05, 4.69) is 19.8 Å². The number of amides is 3. The summed E-state index contributed by atoms with van der Waals surface area (Å²) >= 11 is 0.867. The highest BCUT2D eigenvalue weighted by Gasteiger charge is 2.74. The van der Waals surface area contributed by atoms with Crippen LogP contribution in [-0.2, 0) is 14.3 Å². The van der Waals surface area contributed by atoms with E-state index < -0.39 is 66.2 Å². The Morgan fingerprint density at radius 1 is 1.16 bits per heavy atom. The molecule has 1 fully saturated rings. The molecular weight excluding hydrogens is 546 g/mol. The Morgan fingerprint density at radius 3 is 2.37 bits per heavy atom. The van der Waals surface area contributed by atoms with Crippen LogP contribution in [0.5, 0.6) is 5.75 Å². The average Bonchev–Trinajstić information content (AvgIpc) is 3.37. The van der Waals surface area contributed by atoms with Crippen LogP contribution in [0.3, 0.4) is 0 Å². The first-order chi connectivity index (χ1) is 17.3. The summed E-state index contributed by atoms with van der Waals surface area (Å²) < 4.78 is 86.7. The number of hydrogen-bond acceptors (Lipinski definition) is 7. The molecule has 1 heterocycles. The molecule has 1 aromatic heterocycles. The van der Waals surface area contributed by atoms with E-state index in [1.807, 2.05) is 5.32 Å². The number of likely N-dealkylation sites (N-methyl/N-ethyl adjacent to an activating group) is 1. The molecule has 1 saturated carbocycles. The van der Waals surface area contributed by atoms with Crippen LogP contribution in [0.15, 0.2) is 18.2 Å². The van der Waals surface area contributed by atoms with Crippen molar-refractivity contribution in [2.45, 2.75) is 45.3 Å². The molecule has 1 aliphatic carbocycles. The Bertz CT molecular complexity index is 1230. The SMILES string of the molecule is CN(CC(=O)Nc1nc2ccc(OC(F)(F)F)cc2s1)C(=O)COC(=O)NC1(C(F)(F)F)CC1C(C)(C)C. The van der Waals surface area contributed by atoms with E-state index in [9.17, 15) is 40.7 Å². The van der Waals surface area contributed by atoms with Gasteiger partial charge >= 0.3 is 18.6 Å². The third-order valence-electron chi connectivity index (χ3n) is 5.81. The molecular formula is C22H24F6N4O5S. The van der Waals surface area contributed by atoms with Gasteiger partial charge in [-0.3, -0.25) is 9.59 Å². The van der Waals surface area contributed by atoms with E-state index in [-0.39, 0.29) is 11.6 Å². The number of nitrogens with zero attached hydrogens (tertiary/aromatic N) is 2. The first-order valence-electron chi connectivity index (χ1n) is 11.0. The van der Waals surface area contributed by atoms with Gasteiger partial charge in [0.2, 0.25) is 5.91 Å². The molecule has 2 aromatic rings. The van der Waals surface area contributed by atoms with Crippen LogP contribution in [0.2, 0.25) is 0 Å². The van der Waals surface area contributed by atoms with Gasteiger partial charge in [-0.15, -0.1) is 13.2 Å². The van der Waals surface area contributed by atoms with Gasteiger partial charge < -0.3 is 25.0 Å². The molecule has 0 bridgehead atoms. The van der Waals surface area contributed by atoms with Crippen molar-refractivity contribution in [2.24, 2.45) is 11.3 Å². The first-order valence-corrected chi connectivity index (χ1v) is 11.8. The predicted octanol–water partition coefficient (Wildman–Crippen LogP) is 4.69. The Hall–Kier alpha value is -3.30. The molecule has 2 atom stereocenters. The first kappa shape index (κ1) is 29.3. The molecule has 0 saturated heterocycles. The van der Waals surface area contributed by atoms with Crippen LogP contribution < -0.4 is 15.4 Å². The zero-order valence-electron chi connectivity index (χ0n) is 20.5. The highest BCUT2D eigenvalue weighted by atomic mass is 32.1. The van der Waals surface area contributed by atoms with Crippen molar-refractivity contribution in [3.05, 3.63) is 18.2 Å². The number of benzene rings is 1. The highest BCUT2D eigenvalue weighted by molar-refractivity contribution is 7.22. The molecule has 210 valence electrons. The number of carbonyl (C=O) groups excluding carboxylic acids is 3. The second-order valence-corrected chi connectivity index (χ2v) is 10.8. The van der Waals surface area contributed by atoms with Crippen LogP contribution >= 0.6 is 11.3 Å². The maximum absolute atomic E-state index is 13.6. The van der Waals surface area contributed by atoms with E-state index in [1.165, 1.54) is 13.1 Å². The second-order valence-electron chi connectivity index (χ2n) is 9.79. The van der Waals surface area contributed by atoms with Crippen molar-refractivity contribution in [3.8, 4) is 5.75 Å². The number of carbonyl (C=O) groups is 3. The smallest absolute Gasteiger partial charge is 0.439 e. The third-order valence-corrected chi connectivity index (χ3v) is 6.74. The lowest BCUT2D eigenvalue weighted by Crippen LogP contribution is -2.51. The number of nitrogens with one attached hydrogen (secondary N) is 2. The topological polar surface area (TPSA) is 110 Å². The minimum atomic E-state index is -4.87. The van der Waals surface area contributed by atoms with Crippen LogP contribution in [0.25, 0.3) is 10.2 Å². The molecule has 3 amide bonds. The van der Waals surface area contributed by atoms with Crippen molar-refractivity contribution in [1.29, 1.82) is 0 Å². The summed E-state index contributed by atoms with van der Waals surface area (Å²) in [7, 11) is 1.20. The van der Waals surface area contributed by atoms with Crippen LogP contribution in [-0.4, -0.2) is 66.1 Å². The quantitative estimate of drug-likeness (QED) is 0.468. The lowest BCUT2D eigenvalue weighted by atomic mass is 9.87. The van der Waals surface area contributed by atoms with Gasteiger partial charge in [0.25, 0.3) is 5.91 Å². The van der Waals surface area contributed by atoms with Crippen molar-refractivity contribution in [3.63, 3.8) is 0 Å². The van der Waals surface area contributed by atoms with Gasteiger partial charge in [-0.2, -0.15) is 13.2 Å². The molecule has 2 N–H and O–H groups in total. The third kappa shape index (κ3) is 6.96. The Balaban J connectivity index is 1.50. The van der Waals surface area contributed by atoms with Crippen LogP contribution in [0.4, 0.5) is 36.3 Å². The second kappa shape index (κ2) is 10.1. The van der Waals surface area contributed by atoms with E-state index >= 15 is 0 Å². The molecule has 0 radical (unpaired) electrons. The van der Waals surface area contributed by atoms with Gasteiger partial charge in [0, 0.05) is 13.1 Å². The highest BCUT2D eigenvalue weighted by Crippen LogP contribution is 2.61. The fourth-order valence-corrected chi connectivity index (χ4v) is 4.81. The van der Waals surface area contributed by atoms with Gasteiger partial charge in [-0.1, -0.05) is 32.1 Å². The summed E-state index contributed by atoms with van der Waals surface area (Å²) in [6.07, 6.45) is -11.3. The maximum Gasteiger partial charge on any atom is 0.573 e. The maximum atomic E-state index is 13.6. The summed E-state index contributed by atoms with van der Waals surface area (Å²) in [6, 6.07) is 3.43. The van der Waals surface area contributed by atoms with Gasteiger partial charge in [0.15, 0.2) is 11.7 Å². The Morgan fingerprint density at radius 2 is 1.82 bits per heavy atom. The molecule has 0 aliphatic heterocycles. The summed E-state index contributed by atoms with van der Waals surface area (Å²) in [4.78, 5) is 41.5. The predicted molar refractivity (Wildman–Crippen MR) is 123 cm³/mol. The molecule has 1 aromatic carbocycles. The fraction of sp³-hybridized carbons (Fsp3) is 0.545. The van der Waals surface area contributed by atoms with Crippen LogP contribution in [0.1, 0.15) is 27.2 Å². The van der Waals surface area contributed by atoms with Gasteiger partial charge in [0.1, 0.15) is 11.3 Å². The lowest BCUT2D eigenvalue weighted by molar-refractivity contribution is -0.274. The fourth-order valence-electron chi connectivity index (χ4n) is 3.90. The number of hydrogen-bond donors (Lipinski definition) is 2.